The van der Waals surface area contributed by atoms with Gasteiger partial charge in [0.05, 0.1) is 15.7 Å². The number of hydrogen-bond acceptors (Lipinski definition) is 3. The normalized spacial score (nSPS) is 16.9. The predicted octanol–water partition coefficient (Wildman–Crippen LogP) is 3.64. The number of hydrogen-bond donors (Lipinski definition) is 2. The molecule has 0 saturated carbocycles. The van der Waals surface area contributed by atoms with Gasteiger partial charge in [-0.2, -0.15) is 0 Å². The maximum absolute atomic E-state index is 12.1. The van der Waals surface area contributed by atoms with E-state index in [0.29, 0.717) is 27.9 Å². The summed E-state index contributed by atoms with van der Waals surface area (Å²) in [6, 6.07) is 9.81. The monoisotopic (exact) mass is 323 g/mol. The van der Waals surface area contributed by atoms with Gasteiger partial charge >= 0.3 is 0 Å². The molecular formula is C15H11Cl2NO3. The van der Waals surface area contributed by atoms with Crippen molar-refractivity contribution in [1.82, 2.24) is 0 Å². The van der Waals surface area contributed by atoms with Gasteiger partial charge < -0.3 is 15.2 Å². The molecule has 21 heavy (non-hydrogen) atoms. The van der Waals surface area contributed by atoms with Crippen LogP contribution in [0.15, 0.2) is 36.4 Å². The number of amides is 1. The highest BCUT2D eigenvalue weighted by Gasteiger charge is 2.28. The van der Waals surface area contributed by atoms with Crippen molar-refractivity contribution in [3.63, 3.8) is 0 Å². The molecule has 1 aliphatic heterocycles. The number of anilines is 1. The van der Waals surface area contributed by atoms with E-state index in [-0.39, 0.29) is 11.7 Å². The molecular weight excluding hydrogens is 313 g/mol. The predicted molar refractivity (Wildman–Crippen MR) is 81.3 cm³/mol. The molecule has 3 rings (SSSR count). The topological polar surface area (TPSA) is 58.6 Å². The van der Waals surface area contributed by atoms with Crippen LogP contribution in [0.5, 0.6) is 11.5 Å². The van der Waals surface area contributed by atoms with Crippen molar-refractivity contribution in [2.24, 2.45) is 0 Å². The number of nitrogens with one attached hydrogen (secondary N) is 1. The molecule has 2 aromatic carbocycles. The molecule has 1 heterocycles. The van der Waals surface area contributed by atoms with E-state index in [2.05, 4.69) is 5.32 Å². The lowest BCUT2D eigenvalue weighted by molar-refractivity contribution is -0.123. The fraction of sp³-hybridized carbons (Fsp3) is 0.133. The highest BCUT2D eigenvalue weighted by Crippen LogP contribution is 2.34. The Kier molecular flexibility index (Phi) is 3.66. The van der Waals surface area contributed by atoms with Crippen LogP contribution in [0.25, 0.3) is 0 Å². The van der Waals surface area contributed by atoms with Crippen LogP contribution >= 0.6 is 23.2 Å². The lowest BCUT2D eigenvalue weighted by atomic mass is 10.1. The Bertz CT molecular complexity index is 718. The van der Waals surface area contributed by atoms with Crippen LogP contribution in [-0.4, -0.2) is 17.1 Å². The number of benzene rings is 2. The third-order valence-corrected chi connectivity index (χ3v) is 4.08. The second-order valence-corrected chi connectivity index (χ2v) is 5.48. The summed E-state index contributed by atoms with van der Waals surface area (Å²) in [4.78, 5) is 12.1. The molecule has 1 aliphatic rings. The molecule has 0 aliphatic carbocycles. The lowest BCUT2D eigenvalue weighted by Gasteiger charge is -2.26. The van der Waals surface area contributed by atoms with Crippen molar-refractivity contribution in [3.8, 4) is 11.5 Å². The molecule has 1 amide bonds. The fourth-order valence-electron chi connectivity index (χ4n) is 2.18. The van der Waals surface area contributed by atoms with Crippen molar-refractivity contribution in [2.75, 3.05) is 5.32 Å². The van der Waals surface area contributed by atoms with E-state index < -0.39 is 6.10 Å². The van der Waals surface area contributed by atoms with Gasteiger partial charge in [-0.15, -0.1) is 0 Å². The maximum Gasteiger partial charge on any atom is 0.265 e. The van der Waals surface area contributed by atoms with Gasteiger partial charge in [-0.25, -0.2) is 0 Å². The van der Waals surface area contributed by atoms with Gasteiger partial charge in [-0.3, -0.25) is 4.79 Å². The second-order valence-electron chi connectivity index (χ2n) is 4.69. The van der Waals surface area contributed by atoms with Gasteiger partial charge in [0.15, 0.2) is 6.10 Å². The largest absolute Gasteiger partial charge is 0.508 e. The molecule has 6 heteroatoms. The summed E-state index contributed by atoms with van der Waals surface area (Å²) in [6.07, 6.45) is -0.385. The van der Waals surface area contributed by atoms with Gasteiger partial charge in [0, 0.05) is 12.5 Å². The molecule has 2 aromatic rings. The highest BCUT2D eigenvalue weighted by atomic mass is 35.5. The summed E-state index contributed by atoms with van der Waals surface area (Å²) in [5, 5.41) is 13.0. The minimum Gasteiger partial charge on any atom is -0.508 e. The summed E-state index contributed by atoms with van der Waals surface area (Å²) in [6.45, 7) is 0. The third-order valence-electron chi connectivity index (χ3n) is 3.22. The molecule has 0 fully saturated rings. The number of halogens is 2. The fourth-order valence-corrected chi connectivity index (χ4v) is 2.58. The van der Waals surface area contributed by atoms with Crippen molar-refractivity contribution in [3.05, 3.63) is 52.0 Å². The molecule has 0 radical (unpaired) electrons. The van der Waals surface area contributed by atoms with E-state index in [1.54, 1.807) is 24.3 Å². The standard InChI is InChI=1S/C15H11Cl2NO3/c16-10-3-1-2-8(14(10)17)6-13-15(20)18-11-7-9(19)4-5-12(11)21-13/h1-5,7,13,19H,6H2,(H,18,20). The van der Waals surface area contributed by atoms with Crippen molar-refractivity contribution >= 4 is 34.8 Å². The molecule has 4 nitrogen and oxygen atoms in total. The van der Waals surface area contributed by atoms with Gasteiger partial charge in [0.25, 0.3) is 5.91 Å². The minimum atomic E-state index is -0.696. The highest BCUT2D eigenvalue weighted by molar-refractivity contribution is 6.42. The number of aromatic hydroxyl groups is 1. The number of rotatable bonds is 2. The number of phenolic OH excluding ortho intramolecular Hbond substituents is 1. The molecule has 1 atom stereocenters. The Hall–Kier alpha value is -1.91. The number of ether oxygens (including phenoxy) is 1. The molecule has 1 unspecified atom stereocenters. The zero-order valence-electron chi connectivity index (χ0n) is 10.8. The van der Waals surface area contributed by atoms with Crippen LogP contribution in [0.3, 0.4) is 0 Å². The molecule has 2 N–H and O–H groups in total. The van der Waals surface area contributed by atoms with E-state index in [1.165, 1.54) is 12.1 Å². The Labute approximate surface area is 131 Å². The second kappa shape index (κ2) is 5.47. The number of fused-ring (bicyclic) bond motifs is 1. The summed E-state index contributed by atoms with van der Waals surface area (Å²) in [5.41, 5.74) is 1.19. The molecule has 0 bridgehead atoms. The van der Waals surface area contributed by atoms with E-state index in [0.717, 1.165) is 5.56 Å². The lowest BCUT2D eigenvalue weighted by Crippen LogP contribution is -2.38. The van der Waals surface area contributed by atoms with Crippen molar-refractivity contribution in [2.45, 2.75) is 12.5 Å². The smallest absolute Gasteiger partial charge is 0.265 e. The van der Waals surface area contributed by atoms with Gasteiger partial charge in [0.1, 0.15) is 11.5 Å². The Balaban J connectivity index is 1.86. The summed E-state index contributed by atoms with van der Waals surface area (Å²) in [5.74, 6) is 0.286. The zero-order valence-corrected chi connectivity index (χ0v) is 12.3. The Morgan fingerprint density at radius 1 is 1.24 bits per heavy atom. The van der Waals surface area contributed by atoms with Gasteiger partial charge in [-0.1, -0.05) is 35.3 Å². The van der Waals surface area contributed by atoms with Crippen LogP contribution in [0, 0.1) is 0 Å². The van der Waals surface area contributed by atoms with Crippen LogP contribution < -0.4 is 10.1 Å². The molecule has 0 aromatic heterocycles. The minimum absolute atomic E-state index is 0.0639. The SMILES string of the molecule is O=C1Nc2cc(O)ccc2OC1Cc1cccc(Cl)c1Cl. The summed E-state index contributed by atoms with van der Waals surface area (Å²) >= 11 is 12.1. The number of phenols is 1. The molecule has 0 saturated heterocycles. The summed E-state index contributed by atoms with van der Waals surface area (Å²) in [7, 11) is 0. The van der Waals surface area contributed by atoms with E-state index in [1.807, 2.05) is 0 Å². The van der Waals surface area contributed by atoms with Crippen LogP contribution in [0.2, 0.25) is 10.0 Å². The van der Waals surface area contributed by atoms with Crippen molar-refractivity contribution in [1.29, 1.82) is 0 Å². The first kappa shape index (κ1) is 14.0. The Morgan fingerprint density at radius 3 is 2.86 bits per heavy atom. The maximum atomic E-state index is 12.1. The summed E-state index contributed by atoms with van der Waals surface area (Å²) < 4.78 is 5.67. The number of carbonyl (C=O) groups excluding carboxylic acids is 1. The molecule has 0 spiro atoms. The van der Waals surface area contributed by atoms with E-state index in [4.69, 9.17) is 27.9 Å². The van der Waals surface area contributed by atoms with Crippen LogP contribution in [-0.2, 0) is 11.2 Å². The van der Waals surface area contributed by atoms with E-state index in [9.17, 15) is 9.90 Å². The van der Waals surface area contributed by atoms with E-state index >= 15 is 0 Å². The first-order valence-corrected chi connectivity index (χ1v) is 7.03. The quantitative estimate of drug-likeness (QED) is 0.887. The van der Waals surface area contributed by atoms with Gasteiger partial charge in [-0.05, 0) is 23.8 Å². The Morgan fingerprint density at radius 2 is 2.05 bits per heavy atom. The average molecular weight is 324 g/mol. The first-order valence-electron chi connectivity index (χ1n) is 6.28. The molecule has 108 valence electrons. The third kappa shape index (κ3) is 2.77. The van der Waals surface area contributed by atoms with Gasteiger partial charge in [0.2, 0.25) is 0 Å². The van der Waals surface area contributed by atoms with Crippen LogP contribution in [0.1, 0.15) is 5.56 Å². The number of carbonyl (C=O) groups is 1. The van der Waals surface area contributed by atoms with Crippen molar-refractivity contribution < 1.29 is 14.6 Å². The van der Waals surface area contributed by atoms with Crippen LogP contribution in [0.4, 0.5) is 5.69 Å². The zero-order chi connectivity index (χ0) is 15.0. The average Bonchev–Trinajstić information content (AvgIpc) is 2.45. The first-order chi connectivity index (χ1) is 10.0.